The summed E-state index contributed by atoms with van der Waals surface area (Å²) in [4.78, 5) is 11.3. The van der Waals surface area contributed by atoms with E-state index in [0.717, 1.165) is 12.8 Å². The van der Waals surface area contributed by atoms with Gasteiger partial charge in [0.2, 0.25) is 0 Å². The number of thiocarbonyl (C=S) groups is 1. The van der Waals surface area contributed by atoms with E-state index in [1.807, 2.05) is 0 Å². The molecular weight excluding hydrogens is 234 g/mol. The molecular formula is C13H17NO2S. The monoisotopic (exact) mass is 251 g/mol. The van der Waals surface area contributed by atoms with Crippen LogP contribution in [0.25, 0.3) is 0 Å². The summed E-state index contributed by atoms with van der Waals surface area (Å²) in [5, 5.41) is 8.59. The maximum Gasteiger partial charge on any atom is 0.360 e. The summed E-state index contributed by atoms with van der Waals surface area (Å²) in [6.07, 6.45) is 3.11. The number of hydrogen-bond acceptors (Lipinski definition) is 4. The molecule has 0 aromatic rings. The molecule has 2 aliphatic rings. The Morgan fingerprint density at radius 2 is 2.12 bits per heavy atom. The van der Waals surface area contributed by atoms with Gasteiger partial charge in [-0.25, -0.2) is 4.79 Å². The lowest BCUT2D eigenvalue weighted by Gasteiger charge is -2.38. The van der Waals surface area contributed by atoms with Crippen LogP contribution in [0.15, 0.2) is 0 Å². The second-order valence-corrected chi connectivity index (χ2v) is 6.35. The molecule has 0 aliphatic heterocycles. The summed E-state index contributed by atoms with van der Waals surface area (Å²) in [6.45, 7) is 6.69. The smallest absolute Gasteiger partial charge is 0.360 e. The van der Waals surface area contributed by atoms with Gasteiger partial charge in [0.1, 0.15) is 12.2 Å². The highest BCUT2D eigenvalue weighted by Gasteiger charge is 2.62. The number of nitriles is 1. The number of nitrogens with zero attached hydrogens (tertiary/aromatic N) is 1. The highest BCUT2D eigenvalue weighted by molar-refractivity contribution is 7.82. The van der Waals surface area contributed by atoms with E-state index in [1.165, 1.54) is 6.42 Å². The molecule has 3 unspecified atom stereocenters. The van der Waals surface area contributed by atoms with Gasteiger partial charge >= 0.3 is 5.97 Å². The zero-order valence-corrected chi connectivity index (χ0v) is 11.3. The molecule has 0 spiro atoms. The Labute approximate surface area is 107 Å². The minimum absolute atomic E-state index is 0.0262. The van der Waals surface area contributed by atoms with Gasteiger partial charge in [-0.1, -0.05) is 33.0 Å². The van der Waals surface area contributed by atoms with Gasteiger partial charge in [0.15, 0.2) is 4.86 Å². The van der Waals surface area contributed by atoms with Crippen molar-refractivity contribution in [3.63, 3.8) is 0 Å². The normalized spacial score (nSPS) is 37.5. The van der Waals surface area contributed by atoms with Crippen molar-refractivity contribution < 1.29 is 9.53 Å². The maximum absolute atomic E-state index is 11.6. The number of carbonyl (C=O) groups is 1. The molecule has 4 heteroatoms. The Morgan fingerprint density at radius 1 is 1.47 bits per heavy atom. The van der Waals surface area contributed by atoms with E-state index in [1.54, 1.807) is 6.07 Å². The van der Waals surface area contributed by atoms with Crippen LogP contribution in [0.1, 0.15) is 40.0 Å². The third-order valence-corrected chi connectivity index (χ3v) is 5.51. The van der Waals surface area contributed by atoms with Crippen molar-refractivity contribution in [3.8, 4) is 6.07 Å². The molecule has 0 heterocycles. The van der Waals surface area contributed by atoms with Crippen LogP contribution in [0.5, 0.6) is 0 Å². The first-order valence-corrected chi connectivity index (χ1v) is 6.39. The number of hydrogen-bond donors (Lipinski definition) is 0. The molecule has 0 saturated heterocycles. The summed E-state index contributed by atoms with van der Waals surface area (Å²) >= 11 is 4.66. The number of ether oxygens (including phenoxy) is 1. The van der Waals surface area contributed by atoms with Crippen LogP contribution in [0, 0.1) is 28.1 Å². The van der Waals surface area contributed by atoms with Gasteiger partial charge in [-0.2, -0.15) is 5.26 Å². The molecule has 0 aromatic carbocycles. The average Bonchev–Trinajstić information content (AvgIpc) is 2.60. The van der Waals surface area contributed by atoms with Crippen LogP contribution < -0.4 is 0 Å². The van der Waals surface area contributed by atoms with E-state index in [9.17, 15) is 4.79 Å². The lowest BCUT2D eigenvalue weighted by Crippen LogP contribution is -2.39. The summed E-state index contributed by atoms with van der Waals surface area (Å²) in [6, 6.07) is 1.67. The van der Waals surface area contributed by atoms with Gasteiger partial charge < -0.3 is 4.74 Å². The molecule has 2 bridgehead atoms. The Bertz CT molecular complexity index is 424. The van der Waals surface area contributed by atoms with Crippen LogP contribution in [0.4, 0.5) is 0 Å². The van der Waals surface area contributed by atoms with Gasteiger partial charge in [-0.15, -0.1) is 0 Å². The fourth-order valence-corrected chi connectivity index (χ4v) is 3.58. The first kappa shape index (κ1) is 12.5. The third kappa shape index (κ3) is 1.60. The van der Waals surface area contributed by atoms with Crippen molar-refractivity contribution in [3.05, 3.63) is 0 Å². The maximum atomic E-state index is 11.6. The molecule has 0 N–H and O–H groups in total. The summed E-state index contributed by atoms with van der Waals surface area (Å²) < 4.78 is 5.43. The second kappa shape index (κ2) is 3.78. The molecule has 17 heavy (non-hydrogen) atoms. The Morgan fingerprint density at radius 3 is 2.53 bits per heavy atom. The summed E-state index contributed by atoms with van der Waals surface area (Å²) in [5.41, 5.74) is 0.227. The molecule has 3 atom stereocenters. The van der Waals surface area contributed by atoms with Gasteiger partial charge in [0, 0.05) is 5.41 Å². The van der Waals surface area contributed by atoms with E-state index in [4.69, 9.17) is 10.00 Å². The van der Waals surface area contributed by atoms with Gasteiger partial charge in [0.25, 0.3) is 0 Å². The zero-order valence-electron chi connectivity index (χ0n) is 10.4. The van der Waals surface area contributed by atoms with Crippen molar-refractivity contribution in [2.24, 2.45) is 16.7 Å². The minimum Gasteiger partial charge on any atom is -0.457 e. The minimum atomic E-state index is -0.628. The van der Waals surface area contributed by atoms with E-state index < -0.39 is 5.97 Å². The molecule has 2 fully saturated rings. The van der Waals surface area contributed by atoms with Gasteiger partial charge in [-0.3, -0.25) is 0 Å². The van der Waals surface area contributed by atoms with Crippen LogP contribution in [-0.2, 0) is 9.53 Å². The predicted molar refractivity (Wildman–Crippen MR) is 67.3 cm³/mol. The van der Waals surface area contributed by atoms with Gasteiger partial charge in [-0.05, 0) is 30.6 Å². The highest BCUT2D eigenvalue weighted by Crippen LogP contribution is 2.66. The van der Waals surface area contributed by atoms with E-state index >= 15 is 0 Å². The topological polar surface area (TPSA) is 50.1 Å². The van der Waals surface area contributed by atoms with Crippen molar-refractivity contribution >= 4 is 23.1 Å². The highest BCUT2D eigenvalue weighted by atomic mass is 32.1. The number of rotatable bonds is 2. The van der Waals surface area contributed by atoms with Crippen LogP contribution in [0.2, 0.25) is 0 Å². The summed E-state index contributed by atoms with van der Waals surface area (Å²) in [7, 11) is 0. The quantitative estimate of drug-likeness (QED) is 0.559. The molecule has 2 saturated carbocycles. The standard InChI is InChI=1S/C13H17NO2S/c1-12(2)8-4-5-13(12,3)10(6-8)16-11(15)9(17)7-14/h8,10H,4-6H2,1-3H3. The number of carbonyl (C=O) groups excluding carboxylic acids is 1. The lowest BCUT2D eigenvalue weighted by molar-refractivity contribution is -0.147. The van der Waals surface area contributed by atoms with E-state index in [2.05, 4.69) is 33.0 Å². The fourth-order valence-electron chi connectivity index (χ4n) is 3.54. The molecule has 92 valence electrons. The van der Waals surface area contributed by atoms with Crippen LogP contribution in [-0.4, -0.2) is 16.9 Å². The Kier molecular flexibility index (Phi) is 2.78. The largest absolute Gasteiger partial charge is 0.457 e. The Balaban J connectivity index is 2.14. The molecule has 2 aliphatic carbocycles. The van der Waals surface area contributed by atoms with Crippen LogP contribution >= 0.6 is 12.2 Å². The summed E-state index contributed by atoms with van der Waals surface area (Å²) in [5.74, 6) is -0.0157. The first-order valence-electron chi connectivity index (χ1n) is 5.98. The van der Waals surface area contributed by atoms with Crippen LogP contribution in [0.3, 0.4) is 0 Å². The first-order chi connectivity index (χ1) is 7.83. The predicted octanol–water partition coefficient (Wildman–Crippen LogP) is 2.64. The second-order valence-electron chi connectivity index (χ2n) is 5.95. The molecule has 2 rings (SSSR count). The third-order valence-electron chi connectivity index (χ3n) is 5.25. The fraction of sp³-hybridized carbons (Fsp3) is 0.769. The number of esters is 1. The van der Waals surface area contributed by atoms with Crippen molar-refractivity contribution in [1.82, 2.24) is 0 Å². The van der Waals surface area contributed by atoms with Gasteiger partial charge in [0.05, 0.1) is 0 Å². The van der Waals surface area contributed by atoms with E-state index in [-0.39, 0.29) is 21.8 Å². The number of fused-ring (bicyclic) bond motifs is 2. The van der Waals surface area contributed by atoms with Crippen molar-refractivity contribution in [2.45, 2.75) is 46.1 Å². The molecule has 0 aromatic heterocycles. The molecule has 0 amide bonds. The van der Waals surface area contributed by atoms with Crippen molar-refractivity contribution in [1.29, 1.82) is 5.26 Å². The zero-order chi connectivity index (χ0) is 12.8. The average molecular weight is 251 g/mol. The SMILES string of the molecule is CC1(C)C2CCC1(C)C(OC(=O)C(=S)C#N)C2. The molecule has 3 nitrogen and oxygen atoms in total. The van der Waals surface area contributed by atoms with E-state index in [0.29, 0.717) is 5.92 Å². The van der Waals surface area contributed by atoms with Crippen molar-refractivity contribution in [2.75, 3.05) is 0 Å². The lowest BCUT2D eigenvalue weighted by atomic mass is 9.70. The Hall–Kier alpha value is -0.950. The molecule has 0 radical (unpaired) electrons.